The SMILES string of the molecule is Cc1nn(-c2ccccn2)c2nc(C3CCN(C(=O)[C@@H]4CCCO4)CC3)ccc12. The van der Waals surface area contributed by atoms with Crippen LogP contribution in [0.1, 0.15) is 43.0 Å². The minimum Gasteiger partial charge on any atom is -0.368 e. The Balaban J connectivity index is 1.37. The Morgan fingerprint density at radius 2 is 2.00 bits per heavy atom. The number of aryl methyl sites for hydroxylation is 1. The second kappa shape index (κ2) is 7.55. The molecule has 7 nitrogen and oxygen atoms in total. The maximum atomic E-state index is 12.6. The third kappa shape index (κ3) is 3.40. The van der Waals surface area contributed by atoms with Gasteiger partial charge in [-0.2, -0.15) is 9.78 Å². The van der Waals surface area contributed by atoms with Gasteiger partial charge in [0.1, 0.15) is 6.10 Å². The molecule has 5 heterocycles. The lowest BCUT2D eigenvalue weighted by molar-refractivity contribution is -0.142. The summed E-state index contributed by atoms with van der Waals surface area (Å²) in [6.07, 6.45) is 5.23. The highest BCUT2D eigenvalue weighted by Crippen LogP contribution is 2.30. The summed E-state index contributed by atoms with van der Waals surface area (Å²) in [4.78, 5) is 24.0. The van der Waals surface area contributed by atoms with Crippen LogP contribution in [-0.4, -0.2) is 56.4 Å². The van der Waals surface area contributed by atoms with Crippen LogP contribution in [0.4, 0.5) is 0 Å². The molecule has 5 rings (SSSR count). The van der Waals surface area contributed by atoms with Gasteiger partial charge in [0, 0.05) is 42.9 Å². The summed E-state index contributed by atoms with van der Waals surface area (Å²) >= 11 is 0. The van der Waals surface area contributed by atoms with Crippen LogP contribution in [0.25, 0.3) is 16.9 Å². The number of likely N-dealkylation sites (tertiary alicyclic amines) is 1. The first kappa shape index (κ1) is 18.2. The summed E-state index contributed by atoms with van der Waals surface area (Å²) < 4.78 is 7.39. The van der Waals surface area contributed by atoms with Gasteiger partial charge in [0.2, 0.25) is 0 Å². The van der Waals surface area contributed by atoms with Crippen LogP contribution in [0.3, 0.4) is 0 Å². The molecule has 2 saturated heterocycles. The molecule has 0 bridgehead atoms. The van der Waals surface area contributed by atoms with Crippen LogP contribution >= 0.6 is 0 Å². The maximum Gasteiger partial charge on any atom is 0.251 e. The van der Waals surface area contributed by atoms with E-state index >= 15 is 0 Å². The molecule has 0 radical (unpaired) electrons. The van der Waals surface area contributed by atoms with Crippen LogP contribution in [-0.2, 0) is 9.53 Å². The van der Waals surface area contributed by atoms with Crippen molar-refractivity contribution in [1.29, 1.82) is 0 Å². The summed E-state index contributed by atoms with van der Waals surface area (Å²) in [5.74, 6) is 1.28. The molecule has 7 heteroatoms. The van der Waals surface area contributed by atoms with Crippen molar-refractivity contribution >= 4 is 16.9 Å². The summed E-state index contributed by atoms with van der Waals surface area (Å²) in [6.45, 7) is 4.24. The average Bonchev–Trinajstić information content (AvgIpc) is 3.42. The topological polar surface area (TPSA) is 73.1 Å². The molecule has 0 saturated carbocycles. The van der Waals surface area contributed by atoms with Crippen LogP contribution < -0.4 is 0 Å². The summed E-state index contributed by atoms with van der Waals surface area (Å²) in [5, 5.41) is 5.70. The second-order valence-corrected chi connectivity index (χ2v) is 7.89. The molecule has 150 valence electrons. The van der Waals surface area contributed by atoms with Gasteiger partial charge in [-0.15, -0.1) is 0 Å². The molecule has 2 fully saturated rings. The van der Waals surface area contributed by atoms with Gasteiger partial charge in [-0.25, -0.2) is 9.97 Å². The number of carbonyl (C=O) groups excluding carboxylic acids is 1. The number of nitrogens with zero attached hydrogens (tertiary/aromatic N) is 5. The highest BCUT2D eigenvalue weighted by atomic mass is 16.5. The Hall–Kier alpha value is -2.80. The van der Waals surface area contributed by atoms with Crippen molar-refractivity contribution in [3.63, 3.8) is 0 Å². The van der Waals surface area contributed by atoms with Gasteiger partial charge >= 0.3 is 0 Å². The number of rotatable bonds is 3. The zero-order valence-corrected chi connectivity index (χ0v) is 16.6. The Labute approximate surface area is 169 Å². The van der Waals surface area contributed by atoms with E-state index in [4.69, 9.17) is 9.72 Å². The highest BCUT2D eigenvalue weighted by molar-refractivity contribution is 5.81. The molecule has 2 aliphatic rings. The molecule has 3 aromatic heterocycles. The smallest absolute Gasteiger partial charge is 0.251 e. The molecule has 0 aromatic carbocycles. The van der Waals surface area contributed by atoms with Crippen molar-refractivity contribution in [3.05, 3.63) is 47.9 Å². The first-order chi connectivity index (χ1) is 14.2. The van der Waals surface area contributed by atoms with Crippen LogP contribution in [0.15, 0.2) is 36.5 Å². The summed E-state index contributed by atoms with van der Waals surface area (Å²) in [7, 11) is 0. The number of hydrogen-bond donors (Lipinski definition) is 0. The van der Waals surface area contributed by atoms with Gasteiger partial charge in [0.25, 0.3) is 5.91 Å². The van der Waals surface area contributed by atoms with E-state index in [9.17, 15) is 4.79 Å². The molecule has 1 amide bonds. The predicted molar refractivity (Wildman–Crippen MR) is 109 cm³/mol. The van der Waals surface area contributed by atoms with Gasteiger partial charge < -0.3 is 9.64 Å². The number of ether oxygens (including phenoxy) is 1. The average molecular weight is 391 g/mol. The monoisotopic (exact) mass is 391 g/mol. The summed E-state index contributed by atoms with van der Waals surface area (Å²) in [6, 6.07) is 10.0. The molecule has 1 atom stereocenters. The Bertz CT molecular complexity index is 1020. The molecule has 0 aliphatic carbocycles. The van der Waals surface area contributed by atoms with Crippen LogP contribution in [0, 0.1) is 6.92 Å². The molecule has 29 heavy (non-hydrogen) atoms. The van der Waals surface area contributed by atoms with E-state index in [1.807, 2.05) is 34.7 Å². The standard InChI is InChI=1S/C22H25N5O2/c1-15-17-7-8-18(24-21(17)27(25-15)20-6-2-3-11-23-20)16-9-12-26(13-10-16)22(28)19-5-4-14-29-19/h2-3,6-8,11,16,19H,4-5,9-10,12-14H2,1H3/t19-/m0/s1. The van der Waals surface area contributed by atoms with Crippen molar-refractivity contribution in [2.75, 3.05) is 19.7 Å². The van der Waals surface area contributed by atoms with Crippen LogP contribution in [0.2, 0.25) is 0 Å². The van der Waals surface area contributed by atoms with E-state index in [2.05, 4.69) is 22.2 Å². The molecule has 0 N–H and O–H groups in total. The third-order valence-electron chi connectivity index (χ3n) is 6.03. The lowest BCUT2D eigenvalue weighted by Crippen LogP contribution is -2.43. The van der Waals surface area contributed by atoms with Crippen molar-refractivity contribution in [2.24, 2.45) is 0 Å². The number of fused-ring (bicyclic) bond motifs is 1. The molecule has 0 spiro atoms. The van der Waals surface area contributed by atoms with E-state index in [0.29, 0.717) is 12.5 Å². The third-order valence-corrected chi connectivity index (χ3v) is 6.03. The maximum absolute atomic E-state index is 12.6. The van der Waals surface area contributed by atoms with Gasteiger partial charge in [0.15, 0.2) is 11.5 Å². The fourth-order valence-electron chi connectivity index (χ4n) is 4.40. The molecular formula is C22H25N5O2. The Kier molecular flexibility index (Phi) is 4.75. The summed E-state index contributed by atoms with van der Waals surface area (Å²) in [5.41, 5.74) is 2.86. The van der Waals surface area contributed by atoms with Crippen LogP contribution in [0.5, 0.6) is 0 Å². The minimum atomic E-state index is -0.225. The highest BCUT2D eigenvalue weighted by Gasteiger charge is 2.31. The second-order valence-electron chi connectivity index (χ2n) is 7.89. The normalized spacial score (nSPS) is 20.4. The zero-order valence-electron chi connectivity index (χ0n) is 16.6. The zero-order chi connectivity index (χ0) is 19.8. The van der Waals surface area contributed by atoms with Gasteiger partial charge in [0.05, 0.1) is 5.69 Å². The fraction of sp³-hybridized carbons (Fsp3) is 0.455. The largest absolute Gasteiger partial charge is 0.368 e. The number of aromatic nitrogens is 4. The quantitative estimate of drug-likeness (QED) is 0.686. The van der Waals surface area contributed by atoms with Gasteiger partial charge in [-0.1, -0.05) is 6.07 Å². The first-order valence-electron chi connectivity index (χ1n) is 10.4. The lowest BCUT2D eigenvalue weighted by Gasteiger charge is -2.33. The number of carbonyl (C=O) groups is 1. The number of piperidine rings is 1. The molecule has 3 aromatic rings. The Morgan fingerprint density at radius 1 is 1.14 bits per heavy atom. The van der Waals surface area contributed by atoms with Gasteiger partial charge in [-0.3, -0.25) is 4.79 Å². The number of hydrogen-bond acceptors (Lipinski definition) is 5. The van der Waals surface area contributed by atoms with E-state index in [0.717, 1.165) is 67.0 Å². The van der Waals surface area contributed by atoms with Crippen molar-refractivity contribution in [2.45, 2.75) is 44.6 Å². The van der Waals surface area contributed by atoms with Crippen molar-refractivity contribution in [3.8, 4) is 5.82 Å². The predicted octanol–water partition coefficient (Wildman–Crippen LogP) is 3.01. The molecular weight excluding hydrogens is 366 g/mol. The number of pyridine rings is 2. The molecule has 2 aliphatic heterocycles. The number of amides is 1. The lowest BCUT2D eigenvalue weighted by atomic mass is 9.92. The van der Waals surface area contributed by atoms with Gasteiger partial charge in [-0.05, 0) is 56.9 Å². The van der Waals surface area contributed by atoms with E-state index in [1.165, 1.54) is 0 Å². The Morgan fingerprint density at radius 3 is 2.72 bits per heavy atom. The van der Waals surface area contributed by atoms with E-state index in [-0.39, 0.29) is 12.0 Å². The molecule has 0 unspecified atom stereocenters. The fourth-order valence-corrected chi connectivity index (χ4v) is 4.40. The first-order valence-corrected chi connectivity index (χ1v) is 10.4. The van der Waals surface area contributed by atoms with E-state index in [1.54, 1.807) is 6.20 Å². The van der Waals surface area contributed by atoms with E-state index < -0.39 is 0 Å². The minimum absolute atomic E-state index is 0.160. The van der Waals surface area contributed by atoms with Crippen molar-refractivity contribution in [1.82, 2.24) is 24.6 Å². The van der Waals surface area contributed by atoms with Crippen molar-refractivity contribution < 1.29 is 9.53 Å².